The molecule has 0 spiro atoms. The third-order valence-electron chi connectivity index (χ3n) is 3.50. The number of nitrogens with zero attached hydrogens (tertiary/aromatic N) is 1. The van der Waals surface area contributed by atoms with Crippen molar-refractivity contribution in [1.82, 2.24) is 5.43 Å². The van der Waals surface area contributed by atoms with Crippen LogP contribution >= 0.6 is 0 Å². The lowest BCUT2D eigenvalue weighted by molar-refractivity contribution is -0.146. The minimum absolute atomic E-state index is 0.0546. The van der Waals surface area contributed by atoms with E-state index in [-0.39, 0.29) is 17.8 Å². The quantitative estimate of drug-likeness (QED) is 0.455. The Hall–Kier alpha value is -2.17. The van der Waals surface area contributed by atoms with E-state index in [1.807, 2.05) is 44.2 Å². The molecule has 0 aliphatic carbocycles. The molecule has 1 aromatic rings. The monoisotopic (exact) mass is 318 g/mol. The fraction of sp³-hybridized carbons (Fsp3) is 0.500. The number of hydrogen-bond donors (Lipinski definition) is 1. The van der Waals surface area contributed by atoms with Crippen molar-refractivity contribution in [3.63, 3.8) is 0 Å². The first-order chi connectivity index (χ1) is 11.0. The number of nitrogens with one attached hydrogen (secondary N) is 1. The Morgan fingerprint density at radius 1 is 1.22 bits per heavy atom. The van der Waals surface area contributed by atoms with E-state index in [9.17, 15) is 9.59 Å². The molecule has 0 radical (unpaired) electrons. The van der Waals surface area contributed by atoms with Gasteiger partial charge in [-0.3, -0.25) is 9.59 Å². The zero-order chi connectivity index (χ0) is 17.2. The Bertz CT molecular complexity index is 538. The Labute approximate surface area is 138 Å². The number of amides is 1. The highest BCUT2D eigenvalue weighted by Crippen LogP contribution is 2.15. The van der Waals surface area contributed by atoms with Crippen LogP contribution in [0, 0.1) is 11.8 Å². The summed E-state index contributed by atoms with van der Waals surface area (Å²) in [5.41, 5.74) is 4.19. The van der Waals surface area contributed by atoms with Gasteiger partial charge in [-0.15, -0.1) is 0 Å². The minimum Gasteiger partial charge on any atom is -0.465 e. The molecule has 0 aromatic heterocycles. The van der Waals surface area contributed by atoms with E-state index >= 15 is 0 Å². The Morgan fingerprint density at radius 2 is 1.87 bits per heavy atom. The van der Waals surface area contributed by atoms with Crippen LogP contribution in [0.15, 0.2) is 35.4 Å². The molecule has 0 saturated heterocycles. The van der Waals surface area contributed by atoms with Gasteiger partial charge in [-0.25, -0.2) is 5.43 Å². The molecule has 126 valence electrons. The van der Waals surface area contributed by atoms with Gasteiger partial charge in [0.25, 0.3) is 0 Å². The number of esters is 1. The Balaban J connectivity index is 2.55. The standard InChI is InChI=1S/C18H26N2O3/c1-5-23-18(22)17(13(2)3)14(4)19-20-16(21)12-11-15-9-7-6-8-10-15/h6-10,13,17H,5,11-12H2,1-4H3,(H,20,21)/b19-14-/t17-/m0/s1. The molecule has 5 nitrogen and oxygen atoms in total. The average molecular weight is 318 g/mol. The Kier molecular flexibility index (Phi) is 8.02. The van der Waals surface area contributed by atoms with Crippen molar-refractivity contribution in [2.24, 2.45) is 16.9 Å². The fourth-order valence-electron chi connectivity index (χ4n) is 2.34. The second kappa shape index (κ2) is 9.77. The predicted molar refractivity (Wildman–Crippen MR) is 91.0 cm³/mol. The molecule has 1 atom stereocenters. The van der Waals surface area contributed by atoms with E-state index in [0.29, 0.717) is 25.2 Å². The average Bonchev–Trinajstić information content (AvgIpc) is 2.52. The maximum atomic E-state index is 12.0. The highest BCUT2D eigenvalue weighted by molar-refractivity contribution is 6.01. The van der Waals surface area contributed by atoms with Crippen LogP contribution in [0.2, 0.25) is 0 Å². The summed E-state index contributed by atoms with van der Waals surface area (Å²) in [5, 5.41) is 4.08. The predicted octanol–water partition coefficient (Wildman–Crippen LogP) is 2.95. The van der Waals surface area contributed by atoms with Gasteiger partial charge in [0.2, 0.25) is 5.91 Å². The van der Waals surface area contributed by atoms with E-state index in [4.69, 9.17) is 4.74 Å². The van der Waals surface area contributed by atoms with Gasteiger partial charge < -0.3 is 4.74 Å². The molecule has 0 aliphatic rings. The van der Waals surface area contributed by atoms with Gasteiger partial charge in [0.1, 0.15) is 0 Å². The molecule has 1 aromatic carbocycles. The smallest absolute Gasteiger partial charge is 0.314 e. The molecule has 0 aliphatic heterocycles. The summed E-state index contributed by atoms with van der Waals surface area (Å²) in [6.45, 7) is 7.70. The second-order valence-electron chi connectivity index (χ2n) is 5.75. The van der Waals surface area contributed by atoms with E-state index in [1.54, 1.807) is 13.8 Å². The molecule has 1 rings (SSSR count). The summed E-state index contributed by atoms with van der Waals surface area (Å²) >= 11 is 0. The van der Waals surface area contributed by atoms with Gasteiger partial charge in [0.05, 0.1) is 12.5 Å². The summed E-state index contributed by atoms with van der Waals surface area (Å²) in [4.78, 5) is 23.8. The number of carbonyl (C=O) groups excluding carboxylic acids is 2. The number of rotatable bonds is 8. The van der Waals surface area contributed by atoms with Crippen LogP contribution < -0.4 is 5.43 Å². The second-order valence-corrected chi connectivity index (χ2v) is 5.75. The molecule has 0 fully saturated rings. The first kappa shape index (κ1) is 18.9. The molecule has 0 bridgehead atoms. The number of aryl methyl sites for hydroxylation is 1. The molecule has 0 unspecified atom stereocenters. The lowest BCUT2D eigenvalue weighted by atomic mass is 9.92. The number of benzene rings is 1. The molecule has 1 amide bonds. The SMILES string of the molecule is CCOC(=O)[C@H](/C(C)=N\NC(=O)CCc1ccccc1)C(C)C. The van der Waals surface area contributed by atoms with Crippen LogP contribution in [0.1, 0.15) is 39.7 Å². The van der Waals surface area contributed by atoms with E-state index in [1.165, 1.54) is 0 Å². The maximum absolute atomic E-state index is 12.0. The number of hydrazone groups is 1. The highest BCUT2D eigenvalue weighted by atomic mass is 16.5. The molecular formula is C18H26N2O3. The zero-order valence-electron chi connectivity index (χ0n) is 14.3. The molecule has 0 saturated carbocycles. The molecule has 1 N–H and O–H groups in total. The van der Waals surface area contributed by atoms with Crippen molar-refractivity contribution in [3.05, 3.63) is 35.9 Å². The minimum atomic E-state index is -0.440. The molecule has 0 heterocycles. The Morgan fingerprint density at radius 3 is 2.43 bits per heavy atom. The van der Waals surface area contributed by atoms with E-state index < -0.39 is 5.92 Å². The first-order valence-corrected chi connectivity index (χ1v) is 7.99. The summed E-state index contributed by atoms with van der Waals surface area (Å²) in [7, 11) is 0. The zero-order valence-corrected chi connectivity index (χ0v) is 14.3. The van der Waals surface area contributed by atoms with Crippen molar-refractivity contribution < 1.29 is 14.3 Å². The summed E-state index contributed by atoms with van der Waals surface area (Å²) in [5.74, 6) is -0.856. The lowest BCUT2D eigenvalue weighted by Crippen LogP contribution is -2.31. The third-order valence-corrected chi connectivity index (χ3v) is 3.50. The molecule has 23 heavy (non-hydrogen) atoms. The summed E-state index contributed by atoms with van der Waals surface area (Å²) in [6, 6.07) is 9.80. The summed E-state index contributed by atoms with van der Waals surface area (Å²) in [6.07, 6.45) is 1.01. The van der Waals surface area contributed by atoms with Crippen molar-refractivity contribution in [2.75, 3.05) is 6.61 Å². The normalized spacial score (nSPS) is 12.8. The fourth-order valence-corrected chi connectivity index (χ4v) is 2.34. The van der Waals surface area contributed by atoms with Crippen molar-refractivity contribution in [3.8, 4) is 0 Å². The maximum Gasteiger partial charge on any atom is 0.314 e. The van der Waals surface area contributed by atoms with Gasteiger partial charge in [0.15, 0.2) is 0 Å². The number of hydrogen-bond acceptors (Lipinski definition) is 4. The van der Waals surface area contributed by atoms with Crippen molar-refractivity contribution >= 4 is 17.6 Å². The number of ether oxygens (including phenoxy) is 1. The van der Waals surface area contributed by atoms with Gasteiger partial charge in [-0.2, -0.15) is 5.10 Å². The largest absolute Gasteiger partial charge is 0.465 e. The van der Waals surface area contributed by atoms with Crippen LogP contribution in [0.3, 0.4) is 0 Å². The van der Waals surface area contributed by atoms with Crippen LogP contribution in [0.5, 0.6) is 0 Å². The van der Waals surface area contributed by atoms with E-state index in [0.717, 1.165) is 5.56 Å². The van der Waals surface area contributed by atoms with Gasteiger partial charge in [-0.1, -0.05) is 44.2 Å². The van der Waals surface area contributed by atoms with Crippen molar-refractivity contribution in [2.45, 2.75) is 40.5 Å². The third kappa shape index (κ3) is 6.63. The number of carbonyl (C=O) groups is 2. The van der Waals surface area contributed by atoms with Gasteiger partial charge >= 0.3 is 5.97 Å². The van der Waals surface area contributed by atoms with Gasteiger partial charge in [0, 0.05) is 12.1 Å². The summed E-state index contributed by atoms with van der Waals surface area (Å²) < 4.78 is 5.07. The van der Waals surface area contributed by atoms with Gasteiger partial charge in [-0.05, 0) is 31.7 Å². The van der Waals surface area contributed by atoms with Crippen LogP contribution in [0.25, 0.3) is 0 Å². The van der Waals surface area contributed by atoms with Crippen LogP contribution in [-0.2, 0) is 20.7 Å². The van der Waals surface area contributed by atoms with E-state index in [2.05, 4.69) is 10.5 Å². The van der Waals surface area contributed by atoms with Crippen molar-refractivity contribution in [1.29, 1.82) is 0 Å². The first-order valence-electron chi connectivity index (χ1n) is 7.99. The van der Waals surface area contributed by atoms with Crippen LogP contribution in [-0.4, -0.2) is 24.2 Å². The topological polar surface area (TPSA) is 67.8 Å². The lowest BCUT2D eigenvalue weighted by Gasteiger charge is -2.18. The molecular weight excluding hydrogens is 292 g/mol. The highest BCUT2D eigenvalue weighted by Gasteiger charge is 2.26. The van der Waals surface area contributed by atoms with Crippen LogP contribution in [0.4, 0.5) is 0 Å². The molecule has 5 heteroatoms.